The number of nitrogens with zero attached hydrogens (tertiary/aromatic N) is 1. The van der Waals surface area contributed by atoms with Crippen molar-refractivity contribution in [2.45, 2.75) is 45.3 Å². The van der Waals surface area contributed by atoms with Crippen molar-refractivity contribution in [1.82, 2.24) is 4.90 Å². The molecule has 0 aromatic heterocycles. The summed E-state index contributed by atoms with van der Waals surface area (Å²) in [6.45, 7) is 5.11. The highest BCUT2D eigenvalue weighted by molar-refractivity contribution is 5.66. The summed E-state index contributed by atoms with van der Waals surface area (Å²) in [7, 11) is 2.04. The van der Waals surface area contributed by atoms with E-state index in [9.17, 15) is 9.90 Å². The zero-order valence-corrected chi connectivity index (χ0v) is 11.6. The van der Waals surface area contributed by atoms with Crippen LogP contribution in [0.1, 0.15) is 33.1 Å². The first-order chi connectivity index (χ1) is 8.54. The van der Waals surface area contributed by atoms with Gasteiger partial charge in [0.15, 0.2) is 0 Å². The summed E-state index contributed by atoms with van der Waals surface area (Å²) in [6.07, 6.45) is 5.89. The highest BCUT2D eigenvalue weighted by atomic mass is 16.5. The van der Waals surface area contributed by atoms with Crippen LogP contribution in [-0.4, -0.2) is 48.3 Å². The molecule has 1 heterocycles. The van der Waals surface area contributed by atoms with Crippen molar-refractivity contribution in [3.05, 3.63) is 12.2 Å². The fraction of sp³-hybridized carbons (Fsp3) is 0.786. The van der Waals surface area contributed by atoms with Gasteiger partial charge in [0.25, 0.3) is 0 Å². The van der Waals surface area contributed by atoms with Crippen LogP contribution in [0, 0.1) is 5.92 Å². The number of esters is 1. The average Bonchev–Trinajstić information content (AvgIpc) is 2.31. The third-order valence-electron chi connectivity index (χ3n) is 3.47. The van der Waals surface area contributed by atoms with Crippen LogP contribution in [0.25, 0.3) is 0 Å². The summed E-state index contributed by atoms with van der Waals surface area (Å²) in [5, 5.41) is 10.2. The molecule has 0 spiro atoms. The van der Waals surface area contributed by atoms with E-state index in [-0.39, 0.29) is 18.0 Å². The minimum absolute atomic E-state index is 0.0258. The van der Waals surface area contributed by atoms with E-state index in [2.05, 4.69) is 11.0 Å². The van der Waals surface area contributed by atoms with E-state index >= 15 is 0 Å². The highest BCUT2D eigenvalue weighted by Gasteiger charge is 2.34. The van der Waals surface area contributed by atoms with E-state index in [4.69, 9.17) is 4.74 Å². The number of carbonyl (C=O) groups excluding carboxylic acids is 1. The number of carbonyl (C=O) groups is 1. The van der Waals surface area contributed by atoms with Gasteiger partial charge in [0, 0.05) is 25.9 Å². The maximum absolute atomic E-state index is 11.1. The van der Waals surface area contributed by atoms with E-state index in [0.717, 1.165) is 32.4 Å². The zero-order valence-electron chi connectivity index (χ0n) is 11.6. The van der Waals surface area contributed by atoms with Crippen molar-refractivity contribution in [3.8, 4) is 0 Å². The van der Waals surface area contributed by atoms with Crippen molar-refractivity contribution in [1.29, 1.82) is 0 Å². The molecule has 0 aliphatic carbocycles. The molecule has 3 atom stereocenters. The Morgan fingerprint density at radius 3 is 2.94 bits per heavy atom. The molecule has 1 N–H and O–H groups in total. The number of ether oxygens (including phenoxy) is 1. The predicted molar refractivity (Wildman–Crippen MR) is 71.2 cm³/mol. The number of allylic oxidation sites excluding steroid dienone is 2. The minimum Gasteiger partial charge on any atom is -0.462 e. The van der Waals surface area contributed by atoms with E-state index in [1.54, 1.807) is 0 Å². The van der Waals surface area contributed by atoms with Gasteiger partial charge in [-0.15, -0.1) is 0 Å². The number of rotatable bonds is 5. The summed E-state index contributed by atoms with van der Waals surface area (Å²) >= 11 is 0. The summed E-state index contributed by atoms with van der Waals surface area (Å²) in [5.74, 6) is -0.229. The molecular formula is C14H25NO3. The van der Waals surface area contributed by atoms with Gasteiger partial charge in [-0.1, -0.05) is 12.2 Å². The normalized spacial score (nSPS) is 27.3. The molecule has 4 heteroatoms. The van der Waals surface area contributed by atoms with Gasteiger partial charge in [0.05, 0.1) is 6.10 Å². The molecule has 0 amide bonds. The van der Waals surface area contributed by atoms with Crippen molar-refractivity contribution < 1.29 is 14.6 Å². The second-order valence-electron chi connectivity index (χ2n) is 5.08. The molecule has 0 radical (unpaired) electrons. The Hall–Kier alpha value is -0.870. The first-order valence-electron chi connectivity index (χ1n) is 6.69. The zero-order chi connectivity index (χ0) is 13.5. The molecule has 1 aliphatic heterocycles. The lowest BCUT2D eigenvalue weighted by molar-refractivity contribution is -0.155. The van der Waals surface area contributed by atoms with E-state index < -0.39 is 6.10 Å². The molecule has 0 aromatic rings. The van der Waals surface area contributed by atoms with E-state index in [0.29, 0.717) is 0 Å². The predicted octanol–water partition coefficient (Wildman–Crippen LogP) is 1.59. The van der Waals surface area contributed by atoms with Gasteiger partial charge in [-0.3, -0.25) is 4.79 Å². The van der Waals surface area contributed by atoms with Gasteiger partial charge >= 0.3 is 5.97 Å². The lowest BCUT2D eigenvalue weighted by Crippen LogP contribution is -2.48. The van der Waals surface area contributed by atoms with E-state index in [1.807, 2.05) is 20.0 Å². The topological polar surface area (TPSA) is 49.8 Å². The Balaban J connectivity index is 2.56. The van der Waals surface area contributed by atoms with Crippen molar-refractivity contribution >= 4 is 5.97 Å². The molecular weight excluding hydrogens is 230 g/mol. The standard InChI is InChI=1S/C14H25NO3/c1-4-5-6-7-13(17)12-10-15(3)9-8-14(12)18-11(2)16/h4-5,12-14,17H,6-10H2,1-3H3/b5-4+. The van der Waals surface area contributed by atoms with Gasteiger partial charge in [-0.2, -0.15) is 0 Å². The quantitative estimate of drug-likeness (QED) is 0.598. The van der Waals surface area contributed by atoms with E-state index in [1.165, 1.54) is 6.92 Å². The van der Waals surface area contributed by atoms with Crippen LogP contribution in [0.3, 0.4) is 0 Å². The lowest BCUT2D eigenvalue weighted by atomic mass is 9.87. The van der Waals surface area contributed by atoms with Crippen LogP contribution >= 0.6 is 0 Å². The summed E-state index contributed by atoms with van der Waals surface area (Å²) in [4.78, 5) is 13.3. The number of aliphatic hydroxyl groups excluding tert-OH is 1. The van der Waals surface area contributed by atoms with Gasteiger partial charge in [-0.05, 0) is 33.2 Å². The SMILES string of the molecule is C/C=C/CCC(O)C1CN(C)CCC1OC(C)=O. The molecule has 0 bridgehead atoms. The molecule has 18 heavy (non-hydrogen) atoms. The lowest BCUT2D eigenvalue weighted by Gasteiger charge is -2.38. The molecule has 4 nitrogen and oxygen atoms in total. The minimum atomic E-state index is -0.409. The third-order valence-corrected chi connectivity index (χ3v) is 3.47. The second kappa shape index (κ2) is 7.54. The van der Waals surface area contributed by atoms with Gasteiger partial charge in [-0.25, -0.2) is 0 Å². The Bertz CT molecular complexity index is 291. The number of hydrogen-bond acceptors (Lipinski definition) is 4. The first-order valence-corrected chi connectivity index (χ1v) is 6.69. The van der Waals surface area contributed by atoms with Crippen LogP contribution in [0.15, 0.2) is 12.2 Å². The smallest absolute Gasteiger partial charge is 0.302 e. The van der Waals surface area contributed by atoms with Crippen LogP contribution < -0.4 is 0 Å². The molecule has 104 valence electrons. The Morgan fingerprint density at radius 1 is 1.61 bits per heavy atom. The largest absolute Gasteiger partial charge is 0.462 e. The molecule has 0 saturated carbocycles. The number of hydrogen-bond donors (Lipinski definition) is 1. The second-order valence-corrected chi connectivity index (χ2v) is 5.08. The van der Waals surface area contributed by atoms with Crippen molar-refractivity contribution in [2.75, 3.05) is 20.1 Å². The molecule has 1 saturated heterocycles. The fourth-order valence-corrected chi connectivity index (χ4v) is 2.51. The molecule has 0 aromatic carbocycles. The van der Waals surface area contributed by atoms with Crippen molar-refractivity contribution in [2.24, 2.45) is 5.92 Å². The maximum atomic E-state index is 11.1. The van der Waals surface area contributed by atoms with Gasteiger partial charge in [0.2, 0.25) is 0 Å². The monoisotopic (exact) mass is 255 g/mol. The molecule has 3 unspecified atom stereocenters. The van der Waals surface area contributed by atoms with Crippen LogP contribution in [0.2, 0.25) is 0 Å². The average molecular weight is 255 g/mol. The summed E-state index contributed by atoms with van der Waals surface area (Å²) in [5.41, 5.74) is 0. The molecule has 1 fully saturated rings. The molecule has 1 rings (SSSR count). The van der Waals surface area contributed by atoms with Crippen LogP contribution in [-0.2, 0) is 9.53 Å². The fourth-order valence-electron chi connectivity index (χ4n) is 2.51. The van der Waals surface area contributed by atoms with Gasteiger partial charge in [0.1, 0.15) is 6.10 Å². The third kappa shape index (κ3) is 4.78. The van der Waals surface area contributed by atoms with Crippen molar-refractivity contribution in [3.63, 3.8) is 0 Å². The van der Waals surface area contributed by atoms with Crippen LogP contribution in [0.5, 0.6) is 0 Å². The Kier molecular flexibility index (Phi) is 6.36. The summed E-state index contributed by atoms with van der Waals surface area (Å²) < 4.78 is 5.34. The highest BCUT2D eigenvalue weighted by Crippen LogP contribution is 2.25. The Labute approximate surface area is 110 Å². The number of likely N-dealkylation sites (tertiary alicyclic amines) is 1. The number of piperidine rings is 1. The maximum Gasteiger partial charge on any atom is 0.302 e. The number of aliphatic hydroxyl groups is 1. The first kappa shape index (κ1) is 15.2. The Morgan fingerprint density at radius 2 is 2.33 bits per heavy atom. The van der Waals surface area contributed by atoms with Crippen LogP contribution in [0.4, 0.5) is 0 Å². The van der Waals surface area contributed by atoms with Gasteiger partial charge < -0.3 is 14.7 Å². The molecule has 1 aliphatic rings. The summed E-state index contributed by atoms with van der Waals surface area (Å²) in [6, 6.07) is 0.